The second-order valence-corrected chi connectivity index (χ2v) is 5.04. The van der Waals surface area contributed by atoms with E-state index >= 15 is 0 Å². The van der Waals surface area contributed by atoms with Gasteiger partial charge in [0.2, 0.25) is 0 Å². The van der Waals surface area contributed by atoms with E-state index in [-0.39, 0.29) is 0 Å². The largest absolute Gasteiger partial charge is 0.481 e. The molecule has 1 fully saturated rings. The summed E-state index contributed by atoms with van der Waals surface area (Å²) in [5.41, 5.74) is -0.600. The first kappa shape index (κ1) is 11.5. The zero-order chi connectivity index (χ0) is 10.8. The van der Waals surface area contributed by atoms with Gasteiger partial charge in [-0.05, 0) is 26.2 Å². The van der Waals surface area contributed by atoms with E-state index in [1.54, 1.807) is 13.8 Å². The first-order valence-corrected chi connectivity index (χ1v) is 5.41. The van der Waals surface area contributed by atoms with Crippen molar-refractivity contribution in [1.29, 1.82) is 0 Å². The van der Waals surface area contributed by atoms with Gasteiger partial charge < -0.3 is 10.0 Å². The van der Waals surface area contributed by atoms with E-state index in [4.69, 9.17) is 5.11 Å². The number of nitrogens with zero attached hydrogens (tertiary/aromatic N) is 1. The minimum Gasteiger partial charge on any atom is -0.481 e. The molecule has 1 saturated heterocycles. The molecule has 1 aliphatic heterocycles. The van der Waals surface area contributed by atoms with Gasteiger partial charge in [0, 0.05) is 19.6 Å². The minimum atomic E-state index is -0.698. The van der Waals surface area contributed by atoms with Gasteiger partial charge in [-0.15, -0.1) is 0 Å². The van der Waals surface area contributed by atoms with Crippen LogP contribution in [-0.4, -0.2) is 35.6 Å². The van der Waals surface area contributed by atoms with E-state index < -0.39 is 11.4 Å². The zero-order valence-corrected chi connectivity index (χ0v) is 9.42. The summed E-state index contributed by atoms with van der Waals surface area (Å²) < 4.78 is 0. The third-order valence-corrected chi connectivity index (χ3v) is 2.93. The molecule has 0 aromatic rings. The van der Waals surface area contributed by atoms with E-state index in [0.29, 0.717) is 6.54 Å². The van der Waals surface area contributed by atoms with Crippen LogP contribution in [-0.2, 0) is 4.79 Å². The van der Waals surface area contributed by atoms with Gasteiger partial charge in [-0.3, -0.25) is 4.79 Å². The summed E-state index contributed by atoms with van der Waals surface area (Å²) in [5.74, 6) is 0.112. The first-order chi connectivity index (χ1) is 6.45. The normalized spacial score (nSPS) is 19.4. The smallest absolute Gasteiger partial charge is 0.310 e. The maximum absolute atomic E-state index is 10.9. The Kier molecular flexibility index (Phi) is 3.53. The molecule has 0 aromatic heterocycles. The van der Waals surface area contributed by atoms with Gasteiger partial charge in [0.1, 0.15) is 0 Å². The summed E-state index contributed by atoms with van der Waals surface area (Å²) in [5, 5.41) is 8.95. The van der Waals surface area contributed by atoms with E-state index in [0.717, 1.165) is 19.0 Å². The standard InChI is InChI=1S/C11H21NO2/c1-4-5-9-6-12(7-9)8-11(2,3)10(13)14/h9H,4-8H2,1-3H3,(H,13,14). The van der Waals surface area contributed by atoms with Crippen molar-refractivity contribution in [3.05, 3.63) is 0 Å². The fraction of sp³-hybridized carbons (Fsp3) is 0.909. The van der Waals surface area contributed by atoms with Crippen molar-refractivity contribution in [3.63, 3.8) is 0 Å². The molecule has 1 rings (SSSR count). The molecule has 0 amide bonds. The molecule has 0 spiro atoms. The van der Waals surface area contributed by atoms with E-state index in [9.17, 15) is 4.79 Å². The number of hydrogen-bond acceptors (Lipinski definition) is 2. The van der Waals surface area contributed by atoms with Crippen LogP contribution in [0.25, 0.3) is 0 Å². The van der Waals surface area contributed by atoms with Crippen molar-refractivity contribution in [3.8, 4) is 0 Å². The highest BCUT2D eigenvalue weighted by Gasteiger charge is 2.34. The van der Waals surface area contributed by atoms with Crippen LogP contribution in [0.2, 0.25) is 0 Å². The van der Waals surface area contributed by atoms with Crippen LogP contribution in [0.3, 0.4) is 0 Å². The average Bonchev–Trinajstić information content (AvgIpc) is 2.00. The summed E-state index contributed by atoms with van der Waals surface area (Å²) in [6.45, 7) is 8.65. The highest BCUT2D eigenvalue weighted by atomic mass is 16.4. The summed E-state index contributed by atoms with van der Waals surface area (Å²) >= 11 is 0. The number of likely N-dealkylation sites (tertiary alicyclic amines) is 1. The number of carbonyl (C=O) groups is 1. The lowest BCUT2D eigenvalue weighted by Crippen LogP contribution is -2.51. The van der Waals surface area contributed by atoms with Gasteiger partial charge >= 0.3 is 5.97 Å². The van der Waals surface area contributed by atoms with Crippen LogP contribution in [0, 0.1) is 11.3 Å². The van der Waals surface area contributed by atoms with Gasteiger partial charge in [-0.1, -0.05) is 13.3 Å². The quantitative estimate of drug-likeness (QED) is 0.734. The second kappa shape index (κ2) is 4.30. The maximum Gasteiger partial charge on any atom is 0.310 e. The van der Waals surface area contributed by atoms with Crippen LogP contribution >= 0.6 is 0 Å². The monoisotopic (exact) mass is 199 g/mol. The predicted octanol–water partition coefficient (Wildman–Crippen LogP) is 1.83. The molecule has 0 aliphatic carbocycles. The zero-order valence-electron chi connectivity index (χ0n) is 9.42. The maximum atomic E-state index is 10.9. The lowest BCUT2D eigenvalue weighted by Gasteiger charge is -2.42. The summed E-state index contributed by atoms with van der Waals surface area (Å²) in [7, 11) is 0. The summed E-state index contributed by atoms with van der Waals surface area (Å²) in [4.78, 5) is 13.1. The van der Waals surface area contributed by atoms with Crippen molar-refractivity contribution in [2.45, 2.75) is 33.6 Å². The molecule has 3 nitrogen and oxygen atoms in total. The number of carboxylic acid groups (broad SMARTS) is 1. The van der Waals surface area contributed by atoms with Crippen LogP contribution in [0.15, 0.2) is 0 Å². The molecule has 1 aliphatic rings. The third kappa shape index (κ3) is 2.71. The van der Waals surface area contributed by atoms with Crippen LogP contribution in [0.5, 0.6) is 0 Å². The molecule has 0 atom stereocenters. The Morgan fingerprint density at radius 1 is 1.50 bits per heavy atom. The number of hydrogen-bond donors (Lipinski definition) is 1. The van der Waals surface area contributed by atoms with Crippen LogP contribution in [0.4, 0.5) is 0 Å². The summed E-state index contributed by atoms with van der Waals surface area (Å²) in [6, 6.07) is 0. The molecule has 0 aromatic carbocycles. The van der Waals surface area contributed by atoms with Crippen LogP contribution in [0.1, 0.15) is 33.6 Å². The molecular formula is C11H21NO2. The van der Waals surface area contributed by atoms with Crippen molar-refractivity contribution < 1.29 is 9.90 Å². The van der Waals surface area contributed by atoms with Gasteiger partial charge in [-0.2, -0.15) is 0 Å². The van der Waals surface area contributed by atoms with Gasteiger partial charge in [0.15, 0.2) is 0 Å². The Morgan fingerprint density at radius 3 is 2.50 bits per heavy atom. The fourth-order valence-electron chi connectivity index (χ4n) is 2.02. The van der Waals surface area contributed by atoms with E-state index in [1.807, 2.05) is 0 Å². The Labute approximate surface area is 86.1 Å². The molecule has 3 heteroatoms. The fourth-order valence-corrected chi connectivity index (χ4v) is 2.02. The first-order valence-electron chi connectivity index (χ1n) is 5.41. The Morgan fingerprint density at radius 2 is 2.07 bits per heavy atom. The van der Waals surface area contributed by atoms with Crippen molar-refractivity contribution in [1.82, 2.24) is 4.90 Å². The Balaban J connectivity index is 2.25. The molecular weight excluding hydrogens is 178 g/mol. The van der Waals surface area contributed by atoms with Crippen molar-refractivity contribution >= 4 is 5.97 Å². The lowest BCUT2D eigenvalue weighted by atomic mass is 9.88. The molecule has 0 unspecified atom stereocenters. The topological polar surface area (TPSA) is 40.5 Å². The Hall–Kier alpha value is -0.570. The van der Waals surface area contributed by atoms with E-state index in [1.165, 1.54) is 12.8 Å². The SMILES string of the molecule is CCCC1CN(CC(C)(C)C(=O)O)C1. The average molecular weight is 199 g/mol. The van der Waals surface area contributed by atoms with Gasteiger partial charge in [0.05, 0.1) is 5.41 Å². The summed E-state index contributed by atoms with van der Waals surface area (Å²) in [6.07, 6.45) is 2.52. The second-order valence-electron chi connectivity index (χ2n) is 5.04. The van der Waals surface area contributed by atoms with Crippen molar-refractivity contribution in [2.75, 3.05) is 19.6 Å². The molecule has 1 heterocycles. The number of aliphatic carboxylic acids is 1. The third-order valence-electron chi connectivity index (χ3n) is 2.93. The van der Waals surface area contributed by atoms with Gasteiger partial charge in [-0.25, -0.2) is 0 Å². The molecule has 1 N–H and O–H groups in total. The van der Waals surface area contributed by atoms with Gasteiger partial charge in [0.25, 0.3) is 0 Å². The molecule has 82 valence electrons. The number of carboxylic acids is 1. The van der Waals surface area contributed by atoms with E-state index in [2.05, 4.69) is 11.8 Å². The lowest BCUT2D eigenvalue weighted by molar-refractivity contribution is -0.149. The van der Waals surface area contributed by atoms with Crippen molar-refractivity contribution in [2.24, 2.45) is 11.3 Å². The molecule has 0 bridgehead atoms. The molecule has 0 radical (unpaired) electrons. The highest BCUT2D eigenvalue weighted by Crippen LogP contribution is 2.25. The molecule has 14 heavy (non-hydrogen) atoms. The Bertz CT molecular complexity index is 207. The van der Waals surface area contributed by atoms with Crippen LogP contribution < -0.4 is 0 Å². The highest BCUT2D eigenvalue weighted by molar-refractivity contribution is 5.73. The predicted molar refractivity (Wildman–Crippen MR) is 56.3 cm³/mol. The minimum absolute atomic E-state index is 0.600. The number of rotatable bonds is 5. The molecule has 0 saturated carbocycles.